The first kappa shape index (κ1) is 25.1. The van der Waals surface area contributed by atoms with Crippen LogP contribution in [0.2, 0.25) is 0 Å². The second-order valence-corrected chi connectivity index (χ2v) is 9.39. The minimum Gasteiger partial charge on any atom is -0.481 e. The zero-order chi connectivity index (χ0) is 25.1. The van der Waals surface area contributed by atoms with Crippen LogP contribution >= 0.6 is 0 Å². The Morgan fingerprint density at radius 3 is 2.21 bits per heavy atom. The van der Waals surface area contributed by atoms with E-state index in [2.05, 4.69) is 10.0 Å². The fraction of sp³-hybridized carbons (Fsp3) is 0.208. The molecular formula is C24H23F3N2O4S. The first-order valence-corrected chi connectivity index (χ1v) is 11.7. The van der Waals surface area contributed by atoms with Crippen molar-refractivity contribution in [3.63, 3.8) is 0 Å². The Morgan fingerprint density at radius 1 is 0.912 bits per heavy atom. The number of benzene rings is 3. The third-order valence-corrected chi connectivity index (χ3v) is 6.43. The predicted molar refractivity (Wildman–Crippen MR) is 123 cm³/mol. The summed E-state index contributed by atoms with van der Waals surface area (Å²) in [6.07, 6.45) is -5.41. The molecule has 10 heteroatoms. The number of nitrogens with one attached hydrogen (secondary N) is 2. The van der Waals surface area contributed by atoms with Gasteiger partial charge in [0, 0.05) is 11.4 Å². The van der Waals surface area contributed by atoms with Gasteiger partial charge in [0.15, 0.2) is 6.10 Å². The smallest absolute Gasteiger partial charge is 0.416 e. The zero-order valence-corrected chi connectivity index (χ0v) is 19.4. The van der Waals surface area contributed by atoms with Gasteiger partial charge in [0.1, 0.15) is 5.75 Å². The summed E-state index contributed by atoms with van der Waals surface area (Å²) >= 11 is 0. The van der Waals surface area contributed by atoms with E-state index in [1.807, 2.05) is 26.0 Å². The number of hydrogen-bond donors (Lipinski definition) is 2. The molecule has 0 aromatic heterocycles. The Morgan fingerprint density at radius 2 is 1.59 bits per heavy atom. The molecule has 1 amide bonds. The maximum atomic E-state index is 12.9. The van der Waals surface area contributed by atoms with E-state index in [0.717, 1.165) is 23.3 Å². The van der Waals surface area contributed by atoms with Crippen molar-refractivity contribution in [3.05, 3.63) is 83.4 Å². The molecule has 1 atom stereocenters. The average molecular weight is 493 g/mol. The second kappa shape index (κ2) is 9.76. The fourth-order valence-electron chi connectivity index (χ4n) is 2.98. The molecule has 0 radical (unpaired) electrons. The lowest BCUT2D eigenvalue weighted by atomic mass is 10.1. The average Bonchev–Trinajstić information content (AvgIpc) is 2.76. The lowest BCUT2D eigenvalue weighted by Gasteiger charge is -2.16. The zero-order valence-electron chi connectivity index (χ0n) is 18.6. The van der Waals surface area contributed by atoms with Crippen LogP contribution in [-0.2, 0) is 21.0 Å². The van der Waals surface area contributed by atoms with Crippen LogP contribution in [-0.4, -0.2) is 20.4 Å². The van der Waals surface area contributed by atoms with Crippen molar-refractivity contribution in [3.8, 4) is 5.75 Å². The highest BCUT2D eigenvalue weighted by molar-refractivity contribution is 7.92. The normalized spacial score (nSPS) is 12.6. The fourth-order valence-corrected chi connectivity index (χ4v) is 4.03. The van der Waals surface area contributed by atoms with Gasteiger partial charge in [-0.3, -0.25) is 9.52 Å². The van der Waals surface area contributed by atoms with E-state index in [-0.39, 0.29) is 10.6 Å². The van der Waals surface area contributed by atoms with Crippen molar-refractivity contribution in [2.24, 2.45) is 0 Å². The summed E-state index contributed by atoms with van der Waals surface area (Å²) in [5.74, 6) is 0.115. The molecular weight excluding hydrogens is 469 g/mol. The summed E-state index contributed by atoms with van der Waals surface area (Å²) < 4.78 is 71.5. The predicted octanol–water partition coefficient (Wildman–Crippen LogP) is 5.53. The van der Waals surface area contributed by atoms with E-state index >= 15 is 0 Å². The molecule has 0 heterocycles. The molecule has 3 aromatic carbocycles. The summed E-state index contributed by atoms with van der Waals surface area (Å²) in [6, 6.07) is 14.6. The van der Waals surface area contributed by atoms with Gasteiger partial charge >= 0.3 is 6.18 Å². The topological polar surface area (TPSA) is 84.5 Å². The summed E-state index contributed by atoms with van der Waals surface area (Å²) in [5, 5.41) is 2.64. The molecule has 0 aliphatic carbocycles. The van der Waals surface area contributed by atoms with Crippen molar-refractivity contribution in [1.82, 2.24) is 0 Å². The SMILES string of the molecule is Cc1ccc(O[C@@H](C)C(=O)Nc2ccc(S(=O)(=O)Nc3cccc(C(F)(F)F)c3)cc2)cc1C. The van der Waals surface area contributed by atoms with Crippen molar-refractivity contribution < 1.29 is 31.1 Å². The van der Waals surface area contributed by atoms with Gasteiger partial charge in [-0.05, 0) is 86.5 Å². The van der Waals surface area contributed by atoms with E-state index < -0.39 is 33.8 Å². The van der Waals surface area contributed by atoms with E-state index in [0.29, 0.717) is 17.5 Å². The summed E-state index contributed by atoms with van der Waals surface area (Å²) in [4.78, 5) is 12.3. The number of sulfonamides is 1. The maximum absolute atomic E-state index is 12.9. The van der Waals surface area contributed by atoms with E-state index in [4.69, 9.17) is 4.74 Å². The van der Waals surface area contributed by atoms with Gasteiger partial charge in [0.2, 0.25) is 0 Å². The molecule has 2 N–H and O–H groups in total. The van der Waals surface area contributed by atoms with Crippen LogP contribution in [0.1, 0.15) is 23.6 Å². The minimum atomic E-state index is -4.60. The van der Waals surface area contributed by atoms with Gasteiger partial charge in [0.25, 0.3) is 15.9 Å². The molecule has 0 saturated heterocycles. The summed E-state index contributed by atoms with van der Waals surface area (Å²) in [5.41, 5.74) is 1.27. The van der Waals surface area contributed by atoms with Crippen LogP contribution in [0, 0.1) is 13.8 Å². The standard InChI is InChI=1S/C24H23F3N2O4S/c1-15-7-10-21(13-16(15)2)33-17(3)23(30)28-19-8-11-22(12-9-19)34(31,32)29-20-6-4-5-18(14-20)24(25,26)27/h4-14,17,29H,1-3H3,(H,28,30)/t17-/m0/s1. The second-order valence-electron chi connectivity index (χ2n) is 7.70. The van der Waals surface area contributed by atoms with Gasteiger partial charge < -0.3 is 10.1 Å². The summed E-state index contributed by atoms with van der Waals surface area (Å²) in [7, 11) is -4.14. The first-order valence-electron chi connectivity index (χ1n) is 10.2. The van der Waals surface area contributed by atoms with E-state index in [1.54, 1.807) is 13.0 Å². The molecule has 0 unspecified atom stereocenters. The van der Waals surface area contributed by atoms with Gasteiger partial charge in [-0.25, -0.2) is 8.42 Å². The van der Waals surface area contributed by atoms with Crippen LogP contribution < -0.4 is 14.8 Å². The molecule has 0 saturated carbocycles. The highest BCUT2D eigenvalue weighted by atomic mass is 32.2. The van der Waals surface area contributed by atoms with Gasteiger partial charge in [-0.15, -0.1) is 0 Å². The molecule has 0 fully saturated rings. The monoisotopic (exact) mass is 492 g/mol. The van der Waals surface area contributed by atoms with Gasteiger partial charge in [0.05, 0.1) is 10.5 Å². The van der Waals surface area contributed by atoms with Crippen LogP contribution in [0.15, 0.2) is 71.6 Å². The molecule has 0 aliphatic heterocycles. The van der Waals surface area contributed by atoms with E-state index in [9.17, 15) is 26.4 Å². The number of aryl methyl sites for hydroxylation is 2. The Kier molecular flexibility index (Phi) is 7.21. The minimum absolute atomic E-state index is 0.178. The number of hydrogen-bond acceptors (Lipinski definition) is 4. The number of carbonyl (C=O) groups is 1. The van der Waals surface area contributed by atoms with Crippen molar-refractivity contribution in [2.45, 2.75) is 37.9 Å². The lowest BCUT2D eigenvalue weighted by molar-refractivity contribution is -0.137. The van der Waals surface area contributed by atoms with Crippen molar-refractivity contribution >= 4 is 27.3 Å². The number of alkyl halides is 3. The Hall–Kier alpha value is -3.53. The molecule has 0 aliphatic rings. The summed E-state index contributed by atoms with van der Waals surface area (Å²) in [6.45, 7) is 5.49. The maximum Gasteiger partial charge on any atom is 0.416 e. The molecule has 34 heavy (non-hydrogen) atoms. The Bertz CT molecular complexity index is 1290. The number of rotatable bonds is 7. The number of anilines is 2. The van der Waals surface area contributed by atoms with Gasteiger partial charge in [-0.2, -0.15) is 13.2 Å². The Balaban J connectivity index is 1.65. The van der Waals surface area contributed by atoms with Crippen LogP contribution in [0.3, 0.4) is 0 Å². The molecule has 0 spiro atoms. The third kappa shape index (κ3) is 6.28. The number of carbonyl (C=O) groups excluding carboxylic acids is 1. The number of halogens is 3. The lowest BCUT2D eigenvalue weighted by Crippen LogP contribution is -2.30. The van der Waals surface area contributed by atoms with Crippen molar-refractivity contribution in [2.75, 3.05) is 10.0 Å². The quantitative estimate of drug-likeness (QED) is 0.454. The molecule has 3 rings (SSSR count). The molecule has 0 bridgehead atoms. The number of amides is 1. The Labute approximate surface area is 195 Å². The van der Waals surface area contributed by atoms with Crippen molar-refractivity contribution in [1.29, 1.82) is 0 Å². The molecule has 6 nitrogen and oxygen atoms in total. The van der Waals surface area contributed by atoms with Crippen LogP contribution in [0.25, 0.3) is 0 Å². The largest absolute Gasteiger partial charge is 0.481 e. The number of ether oxygens (including phenoxy) is 1. The van der Waals surface area contributed by atoms with Crippen LogP contribution in [0.5, 0.6) is 5.75 Å². The van der Waals surface area contributed by atoms with E-state index in [1.165, 1.54) is 30.3 Å². The highest BCUT2D eigenvalue weighted by Crippen LogP contribution is 2.31. The highest BCUT2D eigenvalue weighted by Gasteiger charge is 2.30. The first-order chi connectivity index (χ1) is 15.8. The van der Waals surface area contributed by atoms with Crippen LogP contribution in [0.4, 0.5) is 24.5 Å². The van der Waals surface area contributed by atoms with Gasteiger partial charge in [-0.1, -0.05) is 12.1 Å². The molecule has 180 valence electrons. The molecule has 3 aromatic rings. The third-order valence-electron chi connectivity index (χ3n) is 5.03.